The van der Waals surface area contributed by atoms with Crippen LogP contribution in [-0.4, -0.2) is 43.1 Å². The Bertz CT molecular complexity index is 866. The van der Waals surface area contributed by atoms with Crippen molar-refractivity contribution in [2.24, 2.45) is 10.7 Å². The van der Waals surface area contributed by atoms with Gasteiger partial charge in [-0.15, -0.1) is 0 Å². The number of aliphatic hydroxyl groups excluding tert-OH is 1. The van der Waals surface area contributed by atoms with Crippen molar-refractivity contribution in [1.82, 2.24) is 5.32 Å². The summed E-state index contributed by atoms with van der Waals surface area (Å²) in [6.45, 7) is 5.72. The van der Waals surface area contributed by atoms with Crippen molar-refractivity contribution < 1.29 is 19.4 Å². The lowest BCUT2D eigenvalue weighted by Crippen LogP contribution is -2.40. The van der Waals surface area contributed by atoms with Crippen molar-refractivity contribution in [2.75, 3.05) is 14.2 Å². The van der Waals surface area contributed by atoms with Crippen LogP contribution in [0.3, 0.4) is 0 Å². The molecule has 1 aromatic rings. The summed E-state index contributed by atoms with van der Waals surface area (Å²) in [7, 11) is 3.16. The Labute approximate surface area is 184 Å². The molecule has 7 heteroatoms. The average Bonchev–Trinajstić information content (AvgIpc) is 2.78. The monoisotopic (exact) mass is 427 g/mol. The molecule has 0 saturated heterocycles. The Morgan fingerprint density at radius 1 is 1.26 bits per heavy atom. The molecule has 1 aliphatic rings. The molecule has 0 unspecified atom stereocenters. The van der Waals surface area contributed by atoms with Crippen LogP contribution in [0.2, 0.25) is 0 Å². The number of rotatable bonds is 9. The van der Waals surface area contributed by atoms with Crippen molar-refractivity contribution in [1.29, 1.82) is 0 Å². The van der Waals surface area contributed by atoms with E-state index in [2.05, 4.69) is 11.9 Å². The van der Waals surface area contributed by atoms with Gasteiger partial charge < -0.3 is 25.6 Å². The zero-order chi connectivity index (χ0) is 22.8. The first-order chi connectivity index (χ1) is 14.9. The fraction of sp³-hybridized carbons (Fsp3) is 0.417. The number of aliphatic hydroxyl groups is 1. The maximum absolute atomic E-state index is 12.5. The summed E-state index contributed by atoms with van der Waals surface area (Å²) in [6, 6.07) is 5.56. The third-order valence-electron chi connectivity index (χ3n) is 5.20. The van der Waals surface area contributed by atoms with Gasteiger partial charge in [0.05, 0.1) is 31.7 Å². The van der Waals surface area contributed by atoms with Crippen LogP contribution < -0.4 is 20.5 Å². The van der Waals surface area contributed by atoms with E-state index >= 15 is 0 Å². The molecule has 31 heavy (non-hydrogen) atoms. The second-order valence-corrected chi connectivity index (χ2v) is 7.39. The molecule has 0 bridgehead atoms. The summed E-state index contributed by atoms with van der Waals surface area (Å²) < 4.78 is 10.7. The molecule has 0 heterocycles. The first kappa shape index (κ1) is 24.2. The second kappa shape index (κ2) is 12.0. The molecule has 1 amide bonds. The Kier molecular flexibility index (Phi) is 9.34. The summed E-state index contributed by atoms with van der Waals surface area (Å²) in [5.74, 6) is 0.901. The number of ether oxygens (including phenoxy) is 2. The normalized spacial score (nSPS) is 20.2. The summed E-state index contributed by atoms with van der Waals surface area (Å²) in [5, 5.41) is 12.6. The van der Waals surface area contributed by atoms with E-state index < -0.39 is 0 Å². The fourth-order valence-electron chi connectivity index (χ4n) is 3.41. The number of nitrogens with one attached hydrogen (secondary N) is 1. The van der Waals surface area contributed by atoms with E-state index in [0.29, 0.717) is 42.2 Å². The van der Waals surface area contributed by atoms with E-state index in [0.717, 1.165) is 18.4 Å². The molecule has 0 radical (unpaired) electrons. The number of benzene rings is 1. The number of nitrogens with zero attached hydrogens (tertiary/aromatic N) is 1. The predicted molar refractivity (Wildman–Crippen MR) is 124 cm³/mol. The van der Waals surface area contributed by atoms with Crippen molar-refractivity contribution in [2.45, 2.75) is 51.2 Å². The third-order valence-corrected chi connectivity index (χ3v) is 5.20. The number of hydrogen-bond acceptors (Lipinski definition) is 6. The van der Waals surface area contributed by atoms with Crippen LogP contribution in [0.1, 0.15) is 44.6 Å². The highest BCUT2D eigenvalue weighted by Gasteiger charge is 2.21. The van der Waals surface area contributed by atoms with Gasteiger partial charge >= 0.3 is 0 Å². The highest BCUT2D eigenvalue weighted by molar-refractivity contribution is 6.05. The van der Waals surface area contributed by atoms with Gasteiger partial charge in [0.25, 0.3) is 5.91 Å². The van der Waals surface area contributed by atoms with E-state index in [9.17, 15) is 9.90 Å². The maximum Gasteiger partial charge on any atom is 0.267 e. The molecular formula is C24H33N3O4. The summed E-state index contributed by atoms with van der Waals surface area (Å²) >= 11 is 0. The standard InChI is InChI=1S/C24H33N3O4/c1-5-7-21(16-8-13-22(30-3)23(14-16)31-4)26-17(6-2)15-20(25)24(29)27-18-9-11-19(28)12-10-18/h5,7-8,13-15,18-19,28H,1,6,9-12,25H2,2-4H3,(H,27,29)/b20-15-,21-7-,26-17-. The number of hydrogen-bond donors (Lipinski definition) is 3. The Balaban J connectivity index is 2.22. The molecule has 1 aromatic carbocycles. The van der Waals surface area contributed by atoms with Crippen molar-refractivity contribution in [3.8, 4) is 11.5 Å². The van der Waals surface area contributed by atoms with Crippen molar-refractivity contribution in [3.63, 3.8) is 0 Å². The minimum atomic E-state index is -0.317. The second-order valence-electron chi connectivity index (χ2n) is 7.39. The number of methoxy groups -OCH3 is 2. The molecule has 0 aromatic heterocycles. The molecule has 0 spiro atoms. The van der Waals surface area contributed by atoms with Gasteiger partial charge in [0.15, 0.2) is 11.5 Å². The number of amides is 1. The SMILES string of the molecule is C=C\C=C(/N=C(\C=C(/N)C(=O)NC1CCC(O)CC1)CC)c1ccc(OC)c(OC)c1. The van der Waals surface area contributed by atoms with Gasteiger partial charge in [-0.1, -0.05) is 19.6 Å². The molecule has 1 fully saturated rings. The predicted octanol–water partition coefficient (Wildman–Crippen LogP) is 3.34. The number of carbonyl (C=O) groups is 1. The van der Waals surface area contributed by atoms with E-state index in [1.54, 1.807) is 32.4 Å². The molecule has 7 nitrogen and oxygen atoms in total. The molecule has 2 rings (SSSR count). The van der Waals surface area contributed by atoms with E-state index in [1.807, 2.05) is 25.1 Å². The van der Waals surface area contributed by atoms with Crippen LogP contribution in [0, 0.1) is 0 Å². The van der Waals surface area contributed by atoms with Crippen LogP contribution in [0.15, 0.2) is 53.7 Å². The third kappa shape index (κ3) is 7.00. The zero-order valence-corrected chi connectivity index (χ0v) is 18.6. The first-order valence-electron chi connectivity index (χ1n) is 10.5. The van der Waals surface area contributed by atoms with Gasteiger partial charge in [-0.05, 0) is 62.5 Å². The van der Waals surface area contributed by atoms with Gasteiger partial charge in [0.1, 0.15) is 0 Å². The number of nitrogens with two attached hydrogens (primary N) is 1. The largest absolute Gasteiger partial charge is 0.493 e. The van der Waals surface area contributed by atoms with E-state index in [4.69, 9.17) is 20.2 Å². The van der Waals surface area contributed by atoms with E-state index in [-0.39, 0.29) is 23.8 Å². The smallest absolute Gasteiger partial charge is 0.267 e. The quantitative estimate of drug-likeness (QED) is 0.318. The van der Waals surface area contributed by atoms with Crippen molar-refractivity contribution >= 4 is 17.3 Å². The zero-order valence-electron chi connectivity index (χ0n) is 18.6. The highest BCUT2D eigenvalue weighted by Crippen LogP contribution is 2.31. The lowest BCUT2D eigenvalue weighted by atomic mass is 9.93. The minimum Gasteiger partial charge on any atom is -0.493 e. The summed E-state index contributed by atoms with van der Waals surface area (Å²) in [4.78, 5) is 17.2. The molecular weight excluding hydrogens is 394 g/mol. The molecule has 1 saturated carbocycles. The molecule has 168 valence electrons. The van der Waals surface area contributed by atoms with Gasteiger partial charge in [0.2, 0.25) is 0 Å². The summed E-state index contributed by atoms with van der Waals surface area (Å²) in [6.07, 6.45) is 8.24. The first-order valence-corrected chi connectivity index (χ1v) is 10.5. The maximum atomic E-state index is 12.5. The molecule has 0 atom stereocenters. The van der Waals surface area contributed by atoms with Gasteiger partial charge in [-0.2, -0.15) is 0 Å². The van der Waals surface area contributed by atoms with Gasteiger partial charge in [-0.3, -0.25) is 9.79 Å². The Morgan fingerprint density at radius 2 is 1.94 bits per heavy atom. The number of carbonyl (C=O) groups excluding carboxylic acids is 1. The van der Waals surface area contributed by atoms with Crippen LogP contribution in [-0.2, 0) is 4.79 Å². The average molecular weight is 428 g/mol. The lowest BCUT2D eigenvalue weighted by molar-refractivity contribution is -0.118. The lowest BCUT2D eigenvalue weighted by Gasteiger charge is -2.26. The highest BCUT2D eigenvalue weighted by atomic mass is 16.5. The van der Waals surface area contributed by atoms with E-state index in [1.165, 1.54) is 0 Å². The van der Waals surface area contributed by atoms with Gasteiger partial charge in [0, 0.05) is 17.3 Å². The Morgan fingerprint density at radius 3 is 2.52 bits per heavy atom. The molecule has 0 aliphatic heterocycles. The van der Waals surface area contributed by atoms with Crippen LogP contribution in [0.5, 0.6) is 11.5 Å². The number of allylic oxidation sites excluding steroid dienone is 3. The Hall–Kier alpha value is -3.06. The minimum absolute atomic E-state index is 0.0350. The number of aliphatic imine (C=N–C) groups is 1. The van der Waals surface area contributed by atoms with Crippen LogP contribution in [0.4, 0.5) is 0 Å². The topological polar surface area (TPSA) is 106 Å². The molecule has 1 aliphatic carbocycles. The van der Waals surface area contributed by atoms with Crippen molar-refractivity contribution in [3.05, 3.63) is 54.3 Å². The van der Waals surface area contributed by atoms with Crippen LogP contribution in [0.25, 0.3) is 5.70 Å². The fourth-order valence-corrected chi connectivity index (χ4v) is 3.41. The van der Waals surface area contributed by atoms with Crippen LogP contribution >= 0.6 is 0 Å². The molecule has 4 N–H and O–H groups in total. The van der Waals surface area contributed by atoms with Gasteiger partial charge in [-0.25, -0.2) is 0 Å². The summed E-state index contributed by atoms with van der Waals surface area (Å²) in [5.41, 5.74) is 8.31.